The number of hydrogen-bond donors (Lipinski definition) is 1. The van der Waals surface area contributed by atoms with Crippen molar-refractivity contribution in [2.45, 2.75) is 37.5 Å². The van der Waals surface area contributed by atoms with Crippen molar-refractivity contribution in [2.24, 2.45) is 0 Å². The van der Waals surface area contributed by atoms with Crippen LogP contribution < -0.4 is 14.8 Å². The van der Waals surface area contributed by atoms with Crippen molar-refractivity contribution in [3.05, 3.63) is 54.1 Å². The predicted octanol–water partition coefficient (Wildman–Crippen LogP) is 3.00. The van der Waals surface area contributed by atoms with Gasteiger partial charge in [0.1, 0.15) is 18.1 Å². The number of carbonyl (C=O) groups is 1. The highest BCUT2D eigenvalue weighted by Crippen LogP contribution is 2.22. The van der Waals surface area contributed by atoms with Gasteiger partial charge >= 0.3 is 0 Å². The van der Waals surface area contributed by atoms with Crippen LogP contribution in [0.25, 0.3) is 0 Å². The fraction of sp³-hybridized carbons (Fsp3) is 0.435. The highest BCUT2D eigenvalue weighted by Gasteiger charge is 2.25. The van der Waals surface area contributed by atoms with Gasteiger partial charge in [-0.1, -0.05) is 25.5 Å². The van der Waals surface area contributed by atoms with Gasteiger partial charge in [0.2, 0.25) is 10.0 Å². The zero-order chi connectivity index (χ0) is 22.1. The van der Waals surface area contributed by atoms with E-state index in [0.29, 0.717) is 31.1 Å². The van der Waals surface area contributed by atoms with E-state index < -0.39 is 10.0 Å². The summed E-state index contributed by atoms with van der Waals surface area (Å²) < 4.78 is 37.9. The molecule has 0 saturated carbocycles. The van der Waals surface area contributed by atoms with Crippen LogP contribution in [0.1, 0.15) is 31.7 Å². The van der Waals surface area contributed by atoms with Crippen LogP contribution in [0.2, 0.25) is 0 Å². The highest BCUT2D eigenvalue weighted by atomic mass is 32.2. The van der Waals surface area contributed by atoms with Gasteiger partial charge in [0.25, 0.3) is 5.91 Å². The van der Waals surface area contributed by atoms with Gasteiger partial charge in [-0.05, 0) is 61.2 Å². The topological polar surface area (TPSA) is 84.9 Å². The fourth-order valence-corrected chi connectivity index (χ4v) is 4.86. The molecule has 1 heterocycles. The molecule has 2 aromatic rings. The first kappa shape index (κ1) is 23.1. The minimum atomic E-state index is -3.44. The number of aryl methyl sites for hydroxylation is 1. The van der Waals surface area contributed by atoms with Crippen molar-refractivity contribution in [2.75, 3.05) is 32.8 Å². The molecule has 0 aliphatic carbocycles. The molecule has 1 aliphatic rings. The lowest BCUT2D eigenvalue weighted by Gasteiger charge is -2.25. The third-order valence-electron chi connectivity index (χ3n) is 5.17. The van der Waals surface area contributed by atoms with Crippen molar-refractivity contribution in [3.8, 4) is 11.5 Å². The number of rotatable bonds is 10. The van der Waals surface area contributed by atoms with Crippen molar-refractivity contribution < 1.29 is 22.7 Å². The monoisotopic (exact) mass is 446 g/mol. The van der Waals surface area contributed by atoms with Gasteiger partial charge < -0.3 is 14.8 Å². The molecule has 7 nitrogen and oxygen atoms in total. The second kappa shape index (κ2) is 11.2. The molecular weight excluding hydrogens is 416 g/mol. The predicted molar refractivity (Wildman–Crippen MR) is 119 cm³/mol. The molecule has 0 aromatic heterocycles. The Hall–Kier alpha value is -2.58. The maximum absolute atomic E-state index is 12.7. The van der Waals surface area contributed by atoms with Gasteiger partial charge in [0, 0.05) is 13.1 Å². The molecule has 1 aliphatic heterocycles. The van der Waals surface area contributed by atoms with Crippen molar-refractivity contribution in [3.63, 3.8) is 0 Å². The lowest BCUT2D eigenvalue weighted by atomic mass is 10.2. The van der Waals surface area contributed by atoms with E-state index in [1.165, 1.54) is 5.56 Å². The second-order valence-electron chi connectivity index (χ2n) is 7.42. The highest BCUT2D eigenvalue weighted by molar-refractivity contribution is 7.89. The number of hydrogen-bond acceptors (Lipinski definition) is 5. The van der Waals surface area contributed by atoms with Gasteiger partial charge in [0.05, 0.1) is 11.4 Å². The molecule has 0 atom stereocenters. The Labute approximate surface area is 184 Å². The number of amides is 1. The van der Waals surface area contributed by atoms with Crippen LogP contribution in [0.4, 0.5) is 0 Å². The molecule has 3 rings (SSSR count). The summed E-state index contributed by atoms with van der Waals surface area (Å²) in [6.45, 7) is 3.77. The third-order valence-corrected chi connectivity index (χ3v) is 7.08. The normalized spacial score (nSPS) is 14.7. The molecule has 0 unspecified atom stereocenters. The maximum Gasteiger partial charge on any atom is 0.258 e. The number of carbonyl (C=O) groups excluding carboxylic acids is 1. The smallest absolute Gasteiger partial charge is 0.258 e. The van der Waals surface area contributed by atoms with Crippen LogP contribution in [0.15, 0.2) is 53.4 Å². The summed E-state index contributed by atoms with van der Waals surface area (Å²) in [5, 5.41) is 2.73. The first-order valence-corrected chi connectivity index (χ1v) is 12.1. The number of nitrogens with one attached hydrogen (secondary N) is 1. The Morgan fingerprint density at radius 2 is 1.55 bits per heavy atom. The molecule has 1 N–H and O–H groups in total. The van der Waals surface area contributed by atoms with Crippen LogP contribution >= 0.6 is 0 Å². The molecule has 8 heteroatoms. The minimum absolute atomic E-state index is 0.0610. The molecule has 0 spiro atoms. The molecule has 0 radical (unpaired) electrons. The van der Waals surface area contributed by atoms with E-state index in [-0.39, 0.29) is 24.0 Å². The van der Waals surface area contributed by atoms with Gasteiger partial charge in [0.15, 0.2) is 6.61 Å². The number of nitrogens with zero attached hydrogens (tertiary/aromatic N) is 1. The van der Waals surface area contributed by atoms with Crippen LogP contribution in [0.3, 0.4) is 0 Å². The Balaban J connectivity index is 1.37. The summed E-state index contributed by atoms with van der Waals surface area (Å²) in [7, 11) is -3.44. The summed E-state index contributed by atoms with van der Waals surface area (Å²) in [6, 6.07) is 14.1. The molecule has 2 aromatic carbocycles. The van der Waals surface area contributed by atoms with E-state index in [1.54, 1.807) is 28.6 Å². The molecule has 168 valence electrons. The van der Waals surface area contributed by atoms with E-state index in [9.17, 15) is 13.2 Å². The number of ether oxygens (including phenoxy) is 2. The first-order valence-electron chi connectivity index (χ1n) is 10.7. The average Bonchev–Trinajstić information content (AvgIpc) is 2.81. The number of piperidine rings is 1. The molecule has 31 heavy (non-hydrogen) atoms. The second-order valence-corrected chi connectivity index (χ2v) is 9.36. The SMILES string of the molecule is CCc1ccc(OCC(=O)NCCOc2ccc(S(=O)(=O)N3CCCCC3)cc2)cc1. The lowest BCUT2D eigenvalue weighted by molar-refractivity contribution is -0.123. The Morgan fingerprint density at radius 3 is 2.19 bits per heavy atom. The summed E-state index contributed by atoms with van der Waals surface area (Å²) in [5.41, 5.74) is 1.21. The summed E-state index contributed by atoms with van der Waals surface area (Å²) >= 11 is 0. The molecule has 1 saturated heterocycles. The van der Waals surface area contributed by atoms with Crippen molar-refractivity contribution >= 4 is 15.9 Å². The summed E-state index contributed by atoms with van der Waals surface area (Å²) in [4.78, 5) is 12.2. The Bertz CT molecular complexity index is 937. The number of sulfonamides is 1. The van der Waals surface area contributed by atoms with Gasteiger partial charge in [-0.2, -0.15) is 4.31 Å². The van der Waals surface area contributed by atoms with E-state index in [0.717, 1.165) is 25.7 Å². The zero-order valence-electron chi connectivity index (χ0n) is 17.9. The van der Waals surface area contributed by atoms with E-state index in [2.05, 4.69) is 12.2 Å². The zero-order valence-corrected chi connectivity index (χ0v) is 18.7. The summed E-state index contributed by atoms with van der Waals surface area (Å²) in [6.07, 6.45) is 3.84. The lowest BCUT2D eigenvalue weighted by Crippen LogP contribution is -2.35. The molecule has 1 fully saturated rings. The van der Waals surface area contributed by atoms with Crippen molar-refractivity contribution in [1.29, 1.82) is 0 Å². The van der Waals surface area contributed by atoms with E-state index in [1.807, 2.05) is 24.3 Å². The molecule has 0 bridgehead atoms. The minimum Gasteiger partial charge on any atom is -0.492 e. The quantitative estimate of drug-likeness (QED) is 0.567. The standard InChI is InChI=1S/C23H30N2O5S/c1-2-19-6-8-21(9-7-19)30-18-23(26)24-14-17-29-20-10-12-22(13-11-20)31(27,28)25-15-4-3-5-16-25/h6-13H,2-5,14-18H2,1H3,(H,24,26). The van der Waals surface area contributed by atoms with Gasteiger partial charge in [-0.3, -0.25) is 4.79 Å². The first-order chi connectivity index (χ1) is 15.0. The van der Waals surface area contributed by atoms with E-state index >= 15 is 0 Å². The number of benzene rings is 2. The fourth-order valence-electron chi connectivity index (χ4n) is 3.34. The van der Waals surface area contributed by atoms with Gasteiger partial charge in [-0.25, -0.2) is 8.42 Å². The summed E-state index contributed by atoms with van der Waals surface area (Å²) in [5.74, 6) is 0.980. The van der Waals surface area contributed by atoms with Gasteiger partial charge in [-0.15, -0.1) is 0 Å². The van der Waals surface area contributed by atoms with Crippen LogP contribution in [0.5, 0.6) is 11.5 Å². The largest absolute Gasteiger partial charge is 0.492 e. The van der Waals surface area contributed by atoms with Crippen molar-refractivity contribution in [1.82, 2.24) is 9.62 Å². The maximum atomic E-state index is 12.7. The average molecular weight is 447 g/mol. The Kier molecular flexibility index (Phi) is 8.31. The molecular formula is C23H30N2O5S. The third kappa shape index (κ3) is 6.70. The van der Waals surface area contributed by atoms with E-state index in [4.69, 9.17) is 9.47 Å². The Morgan fingerprint density at radius 1 is 0.935 bits per heavy atom. The van der Waals surface area contributed by atoms with Crippen LogP contribution in [-0.2, 0) is 21.2 Å². The van der Waals surface area contributed by atoms with Crippen LogP contribution in [-0.4, -0.2) is 51.5 Å². The van der Waals surface area contributed by atoms with Crippen LogP contribution in [0, 0.1) is 0 Å². The molecule has 1 amide bonds.